The largest absolute Gasteiger partial charge is 0.341 e. The maximum Gasteiger partial charge on any atom is 0.236 e. The summed E-state index contributed by atoms with van der Waals surface area (Å²) in [5.74, 6) is 0.269. The molecule has 1 aromatic carbocycles. The predicted octanol–water partition coefficient (Wildman–Crippen LogP) is 3.51. The van der Waals surface area contributed by atoms with Crippen molar-refractivity contribution in [3.8, 4) is 0 Å². The Labute approximate surface area is 195 Å². The van der Waals surface area contributed by atoms with E-state index in [2.05, 4.69) is 39.9 Å². The van der Waals surface area contributed by atoms with E-state index in [4.69, 9.17) is 16.6 Å². The number of carbonyl (C=O) groups is 1. The molecule has 0 spiro atoms. The summed E-state index contributed by atoms with van der Waals surface area (Å²) in [6.45, 7) is 6.16. The molecule has 0 bridgehead atoms. The molecule has 1 aliphatic carbocycles. The smallest absolute Gasteiger partial charge is 0.236 e. The van der Waals surface area contributed by atoms with Crippen LogP contribution in [0.2, 0.25) is 5.02 Å². The molecule has 0 radical (unpaired) electrons. The number of piperazine rings is 1. The van der Waals surface area contributed by atoms with Crippen LogP contribution in [0.4, 0.5) is 0 Å². The number of benzene rings is 1. The summed E-state index contributed by atoms with van der Waals surface area (Å²) in [5, 5.41) is 0.788. The van der Waals surface area contributed by atoms with Gasteiger partial charge in [0.15, 0.2) is 0 Å². The number of rotatable bonds is 2. The molecule has 0 unspecified atom stereocenters. The zero-order chi connectivity index (χ0) is 22.1. The zero-order valence-electron chi connectivity index (χ0n) is 18.8. The number of hydrogen-bond donors (Lipinski definition) is 0. The van der Waals surface area contributed by atoms with Crippen LogP contribution in [0, 0.1) is 0 Å². The van der Waals surface area contributed by atoms with Crippen LogP contribution in [0.5, 0.6) is 0 Å². The van der Waals surface area contributed by atoms with Crippen LogP contribution in [0.3, 0.4) is 0 Å². The van der Waals surface area contributed by atoms with Gasteiger partial charge in [-0.05, 0) is 67.6 Å². The van der Waals surface area contributed by atoms with Gasteiger partial charge in [0, 0.05) is 56.1 Å². The van der Waals surface area contributed by atoms with Gasteiger partial charge in [0.2, 0.25) is 5.91 Å². The Bertz CT molecular complexity index is 1030. The Kier molecular flexibility index (Phi) is 6.31. The molecular weight excluding hydrogens is 420 g/mol. The molecule has 1 aromatic heterocycles. The van der Waals surface area contributed by atoms with Gasteiger partial charge >= 0.3 is 0 Å². The van der Waals surface area contributed by atoms with Crippen LogP contribution < -0.4 is 0 Å². The number of halogens is 1. The van der Waals surface area contributed by atoms with E-state index in [1.165, 1.54) is 27.8 Å². The van der Waals surface area contributed by atoms with Crippen molar-refractivity contribution in [1.29, 1.82) is 0 Å². The van der Waals surface area contributed by atoms with Gasteiger partial charge in [0.05, 0.1) is 12.2 Å². The fourth-order valence-electron chi connectivity index (χ4n) is 5.21. The quantitative estimate of drug-likeness (QED) is 0.702. The fourth-order valence-corrected chi connectivity index (χ4v) is 5.40. The lowest BCUT2D eigenvalue weighted by Gasteiger charge is -2.35. The lowest BCUT2D eigenvalue weighted by atomic mass is 9.88. The minimum Gasteiger partial charge on any atom is -0.341 e. The summed E-state index contributed by atoms with van der Waals surface area (Å²) in [5.41, 5.74) is 7.66. The second-order valence-corrected chi connectivity index (χ2v) is 9.69. The van der Waals surface area contributed by atoms with E-state index in [-0.39, 0.29) is 5.91 Å². The van der Waals surface area contributed by atoms with Crippen molar-refractivity contribution in [2.75, 3.05) is 52.9 Å². The summed E-state index contributed by atoms with van der Waals surface area (Å²) in [6.07, 6.45) is 5.66. The maximum absolute atomic E-state index is 12.9. The molecule has 0 atom stereocenters. The second-order valence-electron chi connectivity index (χ2n) is 9.25. The Morgan fingerprint density at radius 1 is 0.969 bits per heavy atom. The first-order valence-corrected chi connectivity index (χ1v) is 12.1. The normalized spacial score (nSPS) is 20.0. The van der Waals surface area contributed by atoms with E-state index in [1.807, 2.05) is 18.3 Å². The van der Waals surface area contributed by atoms with E-state index in [0.717, 1.165) is 75.7 Å². The summed E-state index contributed by atoms with van der Waals surface area (Å²) in [4.78, 5) is 24.4. The number of aromatic nitrogens is 1. The van der Waals surface area contributed by atoms with Crippen molar-refractivity contribution in [1.82, 2.24) is 19.7 Å². The van der Waals surface area contributed by atoms with Crippen LogP contribution in [-0.2, 0) is 17.6 Å². The van der Waals surface area contributed by atoms with Crippen molar-refractivity contribution in [3.05, 3.63) is 69.5 Å². The monoisotopic (exact) mass is 450 g/mol. The highest BCUT2D eigenvalue weighted by Crippen LogP contribution is 2.38. The fraction of sp³-hybridized carbons (Fsp3) is 0.462. The van der Waals surface area contributed by atoms with Crippen molar-refractivity contribution in [2.24, 2.45) is 0 Å². The molecule has 2 aromatic rings. The van der Waals surface area contributed by atoms with Gasteiger partial charge in [0.25, 0.3) is 0 Å². The molecule has 3 heterocycles. The highest BCUT2D eigenvalue weighted by molar-refractivity contribution is 6.30. The minimum absolute atomic E-state index is 0.269. The molecule has 0 saturated carbocycles. The first-order valence-electron chi connectivity index (χ1n) is 11.7. The van der Waals surface area contributed by atoms with Crippen LogP contribution in [0.25, 0.3) is 5.57 Å². The van der Waals surface area contributed by atoms with E-state index in [0.29, 0.717) is 6.54 Å². The van der Waals surface area contributed by atoms with Crippen molar-refractivity contribution >= 4 is 23.1 Å². The molecule has 2 saturated heterocycles. The van der Waals surface area contributed by atoms with Gasteiger partial charge in [-0.15, -0.1) is 0 Å². The van der Waals surface area contributed by atoms with E-state index < -0.39 is 0 Å². The molecule has 3 aliphatic rings. The van der Waals surface area contributed by atoms with Gasteiger partial charge < -0.3 is 9.80 Å². The Morgan fingerprint density at radius 3 is 2.50 bits per heavy atom. The van der Waals surface area contributed by atoms with Crippen molar-refractivity contribution in [2.45, 2.75) is 25.7 Å². The van der Waals surface area contributed by atoms with Gasteiger partial charge in [-0.1, -0.05) is 29.3 Å². The Morgan fingerprint density at radius 2 is 1.72 bits per heavy atom. The molecule has 0 N–H and O–H groups in total. The summed E-state index contributed by atoms with van der Waals surface area (Å²) < 4.78 is 0. The van der Waals surface area contributed by atoms with Crippen molar-refractivity contribution < 1.29 is 4.79 Å². The van der Waals surface area contributed by atoms with Gasteiger partial charge in [-0.25, -0.2) is 0 Å². The third-order valence-electron chi connectivity index (χ3n) is 7.16. The van der Waals surface area contributed by atoms with Crippen LogP contribution >= 0.6 is 11.6 Å². The third-order valence-corrected chi connectivity index (χ3v) is 7.39. The lowest BCUT2D eigenvalue weighted by Crippen LogP contribution is -2.49. The molecular formula is C26H31ClN4O. The standard InChI is InChI=1S/C26H31ClN4O/c1-29-13-15-30(16-14-29)18-24(32)31-11-8-19(9-12-31)25-23-7-6-22(27)17-21(23)5-4-20-3-2-10-28-26(20)25/h2-3,6-7,10,17H,4-5,8-9,11-16,18H2,1H3. The van der Waals surface area contributed by atoms with Gasteiger partial charge in [-0.2, -0.15) is 0 Å². The van der Waals surface area contributed by atoms with Crippen LogP contribution in [0.15, 0.2) is 42.1 Å². The number of amides is 1. The molecule has 2 fully saturated rings. The SMILES string of the molecule is CN1CCN(CC(=O)N2CCC(=C3c4ccc(Cl)cc4CCc4cccnc43)CC2)CC1. The van der Waals surface area contributed by atoms with E-state index >= 15 is 0 Å². The lowest BCUT2D eigenvalue weighted by molar-refractivity contribution is -0.133. The molecule has 1 amide bonds. The minimum atomic E-state index is 0.269. The summed E-state index contributed by atoms with van der Waals surface area (Å²) in [7, 11) is 2.14. The molecule has 32 heavy (non-hydrogen) atoms. The van der Waals surface area contributed by atoms with Gasteiger partial charge in [0.1, 0.15) is 0 Å². The summed E-state index contributed by atoms with van der Waals surface area (Å²) in [6, 6.07) is 10.5. The van der Waals surface area contributed by atoms with Gasteiger partial charge in [-0.3, -0.25) is 14.7 Å². The Hall–Kier alpha value is -2.21. The first kappa shape index (κ1) is 21.6. The third kappa shape index (κ3) is 4.47. The zero-order valence-corrected chi connectivity index (χ0v) is 19.6. The topological polar surface area (TPSA) is 39.7 Å². The number of carbonyl (C=O) groups excluding carboxylic acids is 1. The van der Waals surface area contributed by atoms with Crippen molar-refractivity contribution in [3.63, 3.8) is 0 Å². The molecule has 168 valence electrons. The number of piperidine rings is 1. The average Bonchev–Trinajstić information content (AvgIpc) is 2.97. The number of hydrogen-bond acceptors (Lipinski definition) is 4. The van der Waals surface area contributed by atoms with Crippen LogP contribution in [0.1, 0.15) is 35.2 Å². The summed E-state index contributed by atoms with van der Waals surface area (Å²) >= 11 is 6.33. The second kappa shape index (κ2) is 9.34. The first-order chi connectivity index (χ1) is 15.6. The predicted molar refractivity (Wildman–Crippen MR) is 129 cm³/mol. The van der Waals surface area contributed by atoms with E-state index in [1.54, 1.807) is 0 Å². The Balaban J connectivity index is 1.37. The van der Waals surface area contributed by atoms with E-state index in [9.17, 15) is 4.79 Å². The molecule has 6 heteroatoms. The molecule has 5 rings (SSSR count). The highest BCUT2D eigenvalue weighted by atomic mass is 35.5. The number of likely N-dealkylation sites (N-methyl/N-ethyl adjacent to an activating group) is 1. The highest BCUT2D eigenvalue weighted by Gasteiger charge is 2.27. The van der Waals surface area contributed by atoms with Crippen LogP contribution in [-0.4, -0.2) is 78.5 Å². The number of likely N-dealkylation sites (tertiary alicyclic amines) is 1. The average molecular weight is 451 g/mol. The number of fused-ring (bicyclic) bond motifs is 2. The molecule has 2 aliphatic heterocycles. The molecule has 5 nitrogen and oxygen atoms in total. The number of nitrogens with zero attached hydrogens (tertiary/aromatic N) is 4. The number of aryl methyl sites for hydroxylation is 2. The maximum atomic E-state index is 12.9. The number of pyridine rings is 1.